The number of likely N-dealkylation sites (N-methyl/N-ethyl adjacent to an activating group) is 1. The highest BCUT2D eigenvalue weighted by Crippen LogP contribution is 2.23. The fraction of sp³-hybridized carbons (Fsp3) is 0.440. The van der Waals surface area contributed by atoms with Crippen LogP contribution in [0.5, 0.6) is 11.5 Å². The molecule has 0 aliphatic carbocycles. The number of amides is 2. The van der Waals surface area contributed by atoms with Gasteiger partial charge in [-0.3, -0.25) is 13.9 Å². The number of rotatable bonds is 13. The molecule has 0 heterocycles. The van der Waals surface area contributed by atoms with Gasteiger partial charge in [-0.05, 0) is 62.2 Å². The van der Waals surface area contributed by atoms with E-state index in [9.17, 15) is 18.0 Å². The van der Waals surface area contributed by atoms with E-state index in [0.29, 0.717) is 30.2 Å². The summed E-state index contributed by atoms with van der Waals surface area (Å²) < 4.78 is 36.7. The molecule has 2 rings (SSSR count). The molecule has 2 aromatic rings. The van der Waals surface area contributed by atoms with E-state index in [-0.39, 0.29) is 31.3 Å². The van der Waals surface area contributed by atoms with E-state index < -0.39 is 16.1 Å². The Morgan fingerprint density at radius 3 is 2.14 bits per heavy atom. The number of hydrogen-bond acceptors (Lipinski definition) is 6. The van der Waals surface area contributed by atoms with Gasteiger partial charge in [-0.15, -0.1) is 0 Å². The maximum absolute atomic E-state index is 13.2. The fourth-order valence-electron chi connectivity index (χ4n) is 3.60. The van der Waals surface area contributed by atoms with E-state index in [0.717, 1.165) is 11.8 Å². The molecule has 1 atom stereocenters. The van der Waals surface area contributed by atoms with Gasteiger partial charge in [-0.1, -0.05) is 12.1 Å². The van der Waals surface area contributed by atoms with Gasteiger partial charge in [0.1, 0.15) is 17.5 Å². The molecule has 192 valence electrons. The largest absolute Gasteiger partial charge is 0.497 e. The minimum absolute atomic E-state index is 0.0839. The van der Waals surface area contributed by atoms with Crippen LogP contribution < -0.4 is 19.1 Å². The summed E-state index contributed by atoms with van der Waals surface area (Å²) in [6, 6.07) is 13.4. The average Bonchev–Trinajstić information content (AvgIpc) is 2.84. The highest BCUT2D eigenvalue weighted by atomic mass is 32.2. The molecule has 35 heavy (non-hydrogen) atoms. The third-order valence-electron chi connectivity index (χ3n) is 5.51. The number of hydrogen-bond donors (Lipinski definition) is 1. The minimum atomic E-state index is -3.56. The predicted octanol–water partition coefficient (Wildman–Crippen LogP) is 2.80. The van der Waals surface area contributed by atoms with Crippen LogP contribution >= 0.6 is 0 Å². The summed E-state index contributed by atoms with van der Waals surface area (Å²) in [5.41, 5.74) is 1.35. The second-order valence-corrected chi connectivity index (χ2v) is 9.93. The smallest absolute Gasteiger partial charge is 0.242 e. The Labute approximate surface area is 208 Å². The Morgan fingerprint density at radius 1 is 1.03 bits per heavy atom. The molecule has 0 spiro atoms. The molecule has 0 bridgehead atoms. The lowest BCUT2D eigenvalue weighted by Crippen LogP contribution is -2.46. The number of methoxy groups -OCH3 is 1. The third-order valence-corrected chi connectivity index (χ3v) is 6.71. The van der Waals surface area contributed by atoms with Gasteiger partial charge in [0, 0.05) is 26.6 Å². The normalized spacial score (nSPS) is 11.9. The first-order chi connectivity index (χ1) is 16.6. The molecular formula is C25H35N3O6S. The first-order valence-electron chi connectivity index (χ1n) is 11.4. The van der Waals surface area contributed by atoms with E-state index in [4.69, 9.17) is 9.47 Å². The van der Waals surface area contributed by atoms with Gasteiger partial charge >= 0.3 is 0 Å². The minimum Gasteiger partial charge on any atom is -0.497 e. The second-order valence-electron chi connectivity index (χ2n) is 8.03. The lowest BCUT2D eigenvalue weighted by molar-refractivity contribution is -0.140. The van der Waals surface area contributed by atoms with Crippen LogP contribution in [0.4, 0.5) is 5.69 Å². The number of carbonyl (C=O) groups excluding carboxylic acids is 2. The predicted molar refractivity (Wildman–Crippen MR) is 136 cm³/mol. The molecule has 10 heteroatoms. The number of carbonyl (C=O) groups is 2. The van der Waals surface area contributed by atoms with Crippen LogP contribution in [0.15, 0.2) is 48.5 Å². The van der Waals surface area contributed by atoms with Crippen molar-refractivity contribution in [2.45, 2.75) is 39.3 Å². The molecule has 0 aliphatic rings. The van der Waals surface area contributed by atoms with Gasteiger partial charge in [0.05, 0.1) is 25.7 Å². The second kappa shape index (κ2) is 13.0. The van der Waals surface area contributed by atoms with E-state index in [2.05, 4.69) is 5.32 Å². The number of nitrogens with zero attached hydrogens (tertiary/aromatic N) is 2. The van der Waals surface area contributed by atoms with Crippen molar-refractivity contribution in [3.63, 3.8) is 0 Å². The lowest BCUT2D eigenvalue weighted by atomic mass is 10.1. The van der Waals surface area contributed by atoms with Crippen molar-refractivity contribution in [3.8, 4) is 11.5 Å². The van der Waals surface area contributed by atoms with E-state index in [1.54, 1.807) is 50.4 Å². The van der Waals surface area contributed by atoms with Gasteiger partial charge in [0.15, 0.2) is 0 Å². The number of nitrogens with one attached hydrogen (secondary N) is 1. The van der Waals surface area contributed by atoms with Crippen LogP contribution in [0.25, 0.3) is 0 Å². The quantitative estimate of drug-likeness (QED) is 0.449. The molecule has 0 aromatic heterocycles. The van der Waals surface area contributed by atoms with E-state index in [1.165, 1.54) is 16.3 Å². The lowest BCUT2D eigenvalue weighted by Gasteiger charge is -2.29. The van der Waals surface area contributed by atoms with Gasteiger partial charge in [-0.25, -0.2) is 8.42 Å². The molecule has 0 radical (unpaired) electrons. The molecule has 1 N–H and O–H groups in total. The third kappa shape index (κ3) is 8.17. The Morgan fingerprint density at radius 2 is 1.63 bits per heavy atom. The first kappa shape index (κ1) is 28.0. The molecule has 0 aliphatic heterocycles. The van der Waals surface area contributed by atoms with Gasteiger partial charge in [-0.2, -0.15) is 0 Å². The molecule has 0 saturated heterocycles. The average molecular weight is 506 g/mol. The summed E-state index contributed by atoms with van der Waals surface area (Å²) in [7, 11) is -0.460. The molecule has 0 saturated carbocycles. The van der Waals surface area contributed by atoms with E-state index >= 15 is 0 Å². The van der Waals surface area contributed by atoms with Gasteiger partial charge in [0.25, 0.3) is 0 Å². The van der Waals surface area contributed by atoms with E-state index in [1.807, 2.05) is 19.1 Å². The van der Waals surface area contributed by atoms with Crippen LogP contribution in [-0.4, -0.2) is 64.7 Å². The summed E-state index contributed by atoms with van der Waals surface area (Å²) in [6.45, 7) is 4.42. The maximum Gasteiger partial charge on any atom is 0.242 e. The summed E-state index contributed by atoms with van der Waals surface area (Å²) in [5.74, 6) is 0.828. The summed E-state index contributed by atoms with van der Waals surface area (Å²) in [4.78, 5) is 27.0. The number of benzene rings is 2. The fourth-order valence-corrected chi connectivity index (χ4v) is 4.56. The standard InChI is InChI=1S/C25H35N3O6S/c1-6-34-23-15-11-21(12-16-23)28(35(5,31)32)17-7-8-24(29)27(19(2)25(30)26-3)18-20-9-13-22(33-4)14-10-20/h9-16,19H,6-8,17-18H2,1-5H3,(H,26,30)/t19-/m1/s1. The SMILES string of the molecule is CCOc1ccc(N(CCCC(=O)N(Cc2ccc(OC)cc2)[C@H](C)C(=O)NC)S(C)(=O)=O)cc1. The Hall–Kier alpha value is -3.27. The zero-order chi connectivity index (χ0) is 26.0. The highest BCUT2D eigenvalue weighted by Gasteiger charge is 2.26. The Balaban J connectivity index is 2.12. The van der Waals surface area contributed by atoms with Crippen LogP contribution in [0.2, 0.25) is 0 Å². The van der Waals surface area contributed by atoms with Gasteiger partial charge in [0.2, 0.25) is 21.8 Å². The monoisotopic (exact) mass is 505 g/mol. The molecule has 0 fully saturated rings. The Kier molecular flexibility index (Phi) is 10.4. The topological polar surface area (TPSA) is 105 Å². The maximum atomic E-state index is 13.2. The zero-order valence-corrected chi connectivity index (χ0v) is 21.8. The molecule has 2 amide bonds. The summed E-state index contributed by atoms with van der Waals surface area (Å²) >= 11 is 0. The number of anilines is 1. The molecule has 0 unspecified atom stereocenters. The first-order valence-corrected chi connectivity index (χ1v) is 13.3. The Bertz CT molecular complexity index is 1070. The van der Waals surface area contributed by atoms with Crippen LogP contribution in [0.1, 0.15) is 32.3 Å². The van der Waals surface area contributed by atoms with Crippen LogP contribution in [0, 0.1) is 0 Å². The summed E-state index contributed by atoms with van der Waals surface area (Å²) in [5, 5.41) is 2.58. The van der Waals surface area contributed by atoms with Crippen molar-refractivity contribution in [1.82, 2.24) is 10.2 Å². The summed E-state index contributed by atoms with van der Waals surface area (Å²) in [6.07, 6.45) is 1.51. The molecule has 9 nitrogen and oxygen atoms in total. The van der Waals surface area contributed by atoms with Crippen LogP contribution in [-0.2, 0) is 26.2 Å². The molecular weight excluding hydrogens is 470 g/mol. The number of ether oxygens (including phenoxy) is 2. The zero-order valence-electron chi connectivity index (χ0n) is 21.0. The highest BCUT2D eigenvalue weighted by molar-refractivity contribution is 7.92. The van der Waals surface area contributed by atoms with Crippen molar-refractivity contribution in [2.24, 2.45) is 0 Å². The van der Waals surface area contributed by atoms with Crippen molar-refractivity contribution >= 4 is 27.5 Å². The van der Waals surface area contributed by atoms with Crippen molar-refractivity contribution in [1.29, 1.82) is 0 Å². The number of sulfonamides is 1. The van der Waals surface area contributed by atoms with Crippen molar-refractivity contribution in [3.05, 3.63) is 54.1 Å². The van der Waals surface area contributed by atoms with Crippen LogP contribution in [0.3, 0.4) is 0 Å². The van der Waals surface area contributed by atoms with Crippen molar-refractivity contribution < 1.29 is 27.5 Å². The van der Waals surface area contributed by atoms with Crippen molar-refractivity contribution in [2.75, 3.05) is 37.9 Å². The van der Waals surface area contributed by atoms with Gasteiger partial charge < -0.3 is 19.7 Å². The molecule has 2 aromatic carbocycles.